The van der Waals surface area contributed by atoms with Crippen LogP contribution in [0.25, 0.3) is 16.9 Å². The summed E-state index contributed by atoms with van der Waals surface area (Å²) >= 11 is 0. The summed E-state index contributed by atoms with van der Waals surface area (Å²) in [6.45, 7) is 0. The fourth-order valence-corrected chi connectivity index (χ4v) is 2.54. The zero-order valence-electron chi connectivity index (χ0n) is 15.5. The molecule has 0 unspecified atom stereocenters. The van der Waals surface area contributed by atoms with Gasteiger partial charge in [-0.25, -0.2) is 9.50 Å². The van der Waals surface area contributed by atoms with Crippen molar-refractivity contribution in [3.05, 3.63) is 83.9 Å². The Morgan fingerprint density at radius 1 is 0.839 bits per heavy atom. The van der Waals surface area contributed by atoms with E-state index in [4.69, 9.17) is 6.42 Å². The Balaban J connectivity index is 0.000000391. The second-order valence-corrected chi connectivity index (χ2v) is 6.07. The number of fused-ring (bicyclic) bond motifs is 1. The number of terminal acetylenes is 1. The number of hydrogen-bond donors (Lipinski definition) is 0. The van der Waals surface area contributed by atoms with E-state index in [0.717, 1.165) is 24.3 Å². The smallest absolute Gasteiger partial charge is 0.265 e. The first-order valence-corrected chi connectivity index (χ1v) is 8.57. The van der Waals surface area contributed by atoms with Gasteiger partial charge in [0.2, 0.25) is 0 Å². The maximum atomic E-state index is 13.3. The third-order valence-electron chi connectivity index (χ3n) is 3.94. The monoisotopic (exact) mass is 434 g/mol. The maximum absolute atomic E-state index is 13.3. The van der Waals surface area contributed by atoms with Crippen LogP contribution in [-0.4, -0.2) is 19.6 Å². The van der Waals surface area contributed by atoms with Gasteiger partial charge in [0.1, 0.15) is 5.69 Å². The van der Waals surface area contributed by atoms with Crippen molar-refractivity contribution in [2.45, 2.75) is 12.4 Å². The molecule has 3 aromatic heterocycles. The van der Waals surface area contributed by atoms with Gasteiger partial charge >= 0.3 is 12.4 Å². The lowest BCUT2D eigenvalue weighted by atomic mass is 10.1. The van der Waals surface area contributed by atoms with Crippen LogP contribution in [0.1, 0.15) is 17.0 Å². The minimum atomic E-state index is -4.75. The third kappa shape index (κ3) is 5.19. The van der Waals surface area contributed by atoms with E-state index in [0.29, 0.717) is 10.6 Å². The summed E-state index contributed by atoms with van der Waals surface area (Å²) in [5, 5.41) is 3.63. The van der Waals surface area contributed by atoms with Crippen LogP contribution in [0.15, 0.2) is 67.0 Å². The van der Waals surface area contributed by atoms with Crippen molar-refractivity contribution >= 4 is 5.65 Å². The summed E-state index contributed by atoms with van der Waals surface area (Å²) in [6.07, 6.45) is -0.654. The molecule has 0 aliphatic carbocycles. The molecule has 4 nitrogen and oxygen atoms in total. The first kappa shape index (κ1) is 21.8. The van der Waals surface area contributed by atoms with Crippen LogP contribution >= 0.6 is 0 Å². The van der Waals surface area contributed by atoms with E-state index in [9.17, 15) is 26.3 Å². The molecule has 4 rings (SSSR count). The number of benzene rings is 1. The predicted molar refractivity (Wildman–Crippen MR) is 101 cm³/mol. The van der Waals surface area contributed by atoms with E-state index < -0.39 is 23.6 Å². The van der Waals surface area contributed by atoms with Gasteiger partial charge in [-0.3, -0.25) is 4.98 Å². The number of halogens is 6. The van der Waals surface area contributed by atoms with Gasteiger partial charge in [0.15, 0.2) is 11.3 Å². The molecule has 158 valence electrons. The Morgan fingerprint density at radius 3 is 1.94 bits per heavy atom. The molecule has 0 radical (unpaired) electrons. The summed E-state index contributed by atoms with van der Waals surface area (Å²) < 4.78 is 78.1. The second kappa shape index (κ2) is 8.47. The van der Waals surface area contributed by atoms with E-state index in [2.05, 4.69) is 21.0 Å². The van der Waals surface area contributed by atoms with Crippen molar-refractivity contribution in [2.24, 2.45) is 0 Å². The van der Waals surface area contributed by atoms with E-state index in [-0.39, 0.29) is 22.6 Å². The van der Waals surface area contributed by atoms with Crippen molar-refractivity contribution < 1.29 is 26.3 Å². The molecule has 0 fully saturated rings. The van der Waals surface area contributed by atoms with Crippen molar-refractivity contribution in [1.82, 2.24) is 19.6 Å². The Kier molecular flexibility index (Phi) is 5.97. The minimum Gasteiger partial charge on any atom is -0.265 e. The van der Waals surface area contributed by atoms with Gasteiger partial charge < -0.3 is 0 Å². The lowest BCUT2D eigenvalue weighted by Crippen LogP contribution is -2.13. The largest absolute Gasteiger partial charge is 0.433 e. The van der Waals surface area contributed by atoms with Crippen molar-refractivity contribution in [2.75, 3.05) is 0 Å². The highest BCUT2D eigenvalue weighted by Gasteiger charge is 2.35. The van der Waals surface area contributed by atoms with Crippen LogP contribution in [0, 0.1) is 12.3 Å². The van der Waals surface area contributed by atoms with Crippen LogP contribution in [-0.2, 0) is 12.4 Å². The Labute approximate surface area is 172 Å². The average molecular weight is 434 g/mol. The molecular weight excluding hydrogens is 422 g/mol. The molecular formula is C21H12F6N4. The lowest BCUT2D eigenvalue weighted by Gasteiger charge is -2.11. The van der Waals surface area contributed by atoms with Crippen molar-refractivity contribution in [3.8, 4) is 23.6 Å². The number of aromatic nitrogens is 4. The van der Waals surface area contributed by atoms with E-state index in [1.54, 1.807) is 12.4 Å². The topological polar surface area (TPSA) is 43.1 Å². The summed E-state index contributed by atoms with van der Waals surface area (Å²) in [5.74, 6) is 2.11. The standard InChI is InChI=1S/C16H7F6N3.C5H5N/c1-2-11-7-14-23-12(8-13(16(20,21)22)25(14)24-11)9-3-5-10(6-4-9)15(17,18)19;1-2-4-6-5-3-1/h1,3-8H;1-5H. The summed E-state index contributed by atoms with van der Waals surface area (Å²) in [4.78, 5) is 7.79. The third-order valence-corrected chi connectivity index (χ3v) is 3.94. The lowest BCUT2D eigenvalue weighted by molar-refractivity contribution is -0.142. The highest BCUT2D eigenvalue weighted by Crippen LogP contribution is 2.34. The summed E-state index contributed by atoms with van der Waals surface area (Å²) in [5.41, 5.74) is -2.28. The maximum Gasteiger partial charge on any atom is 0.433 e. The zero-order valence-corrected chi connectivity index (χ0v) is 15.5. The van der Waals surface area contributed by atoms with E-state index >= 15 is 0 Å². The van der Waals surface area contributed by atoms with Gasteiger partial charge in [-0.1, -0.05) is 18.2 Å². The minimum absolute atomic E-state index is 0.0393. The highest BCUT2D eigenvalue weighted by atomic mass is 19.4. The molecule has 0 aliphatic rings. The molecule has 0 saturated heterocycles. The number of alkyl halides is 6. The molecule has 0 amide bonds. The molecule has 0 bridgehead atoms. The molecule has 4 aromatic rings. The molecule has 10 heteroatoms. The van der Waals surface area contributed by atoms with Gasteiger partial charge in [-0.15, -0.1) is 6.42 Å². The van der Waals surface area contributed by atoms with E-state index in [1.165, 1.54) is 6.07 Å². The number of pyridine rings is 1. The van der Waals surface area contributed by atoms with Gasteiger partial charge in [-0.2, -0.15) is 31.4 Å². The molecule has 31 heavy (non-hydrogen) atoms. The van der Waals surface area contributed by atoms with Gasteiger partial charge in [0, 0.05) is 24.0 Å². The van der Waals surface area contributed by atoms with Gasteiger partial charge in [-0.05, 0) is 36.3 Å². The van der Waals surface area contributed by atoms with Gasteiger partial charge in [0.05, 0.1) is 11.3 Å². The Morgan fingerprint density at radius 2 is 1.48 bits per heavy atom. The predicted octanol–water partition coefficient (Wildman–Crippen LogP) is 5.50. The molecule has 0 saturated carbocycles. The summed E-state index contributed by atoms with van der Waals surface area (Å²) in [6, 6.07) is 11.3. The quantitative estimate of drug-likeness (QED) is 0.294. The van der Waals surface area contributed by atoms with E-state index in [1.807, 2.05) is 18.2 Å². The average Bonchev–Trinajstić information content (AvgIpc) is 3.17. The van der Waals surface area contributed by atoms with Crippen LogP contribution in [0.4, 0.5) is 26.3 Å². The molecule has 0 aliphatic heterocycles. The zero-order chi connectivity index (χ0) is 22.6. The first-order valence-electron chi connectivity index (χ1n) is 8.57. The molecule has 0 N–H and O–H groups in total. The summed E-state index contributed by atoms with van der Waals surface area (Å²) in [7, 11) is 0. The Hall–Kier alpha value is -3.87. The van der Waals surface area contributed by atoms with Gasteiger partial charge in [0.25, 0.3) is 0 Å². The number of hydrogen-bond acceptors (Lipinski definition) is 3. The highest BCUT2D eigenvalue weighted by molar-refractivity contribution is 5.63. The SMILES string of the molecule is C#Cc1cc2nc(-c3ccc(C(F)(F)F)cc3)cc(C(F)(F)F)n2n1.c1ccncc1. The number of nitrogens with zero attached hydrogens (tertiary/aromatic N) is 4. The van der Waals surface area contributed by atoms with Crippen molar-refractivity contribution in [3.63, 3.8) is 0 Å². The van der Waals surface area contributed by atoms with Crippen LogP contribution in [0.3, 0.4) is 0 Å². The molecule has 0 spiro atoms. The second-order valence-electron chi connectivity index (χ2n) is 6.07. The van der Waals surface area contributed by atoms with Crippen LogP contribution in [0.5, 0.6) is 0 Å². The Bertz CT molecular complexity index is 1180. The molecule has 3 heterocycles. The van der Waals surface area contributed by atoms with Crippen molar-refractivity contribution in [1.29, 1.82) is 0 Å². The molecule has 0 atom stereocenters. The first-order chi connectivity index (χ1) is 14.6. The van der Waals surface area contributed by atoms with Crippen LogP contribution < -0.4 is 0 Å². The normalized spacial score (nSPS) is 11.5. The molecule has 1 aromatic carbocycles. The fourth-order valence-electron chi connectivity index (χ4n) is 2.54. The van der Waals surface area contributed by atoms with Crippen LogP contribution in [0.2, 0.25) is 0 Å². The fraction of sp³-hybridized carbons (Fsp3) is 0.0952. The number of rotatable bonds is 1.